The van der Waals surface area contributed by atoms with Crippen LogP contribution in [0.5, 0.6) is 0 Å². The van der Waals surface area contributed by atoms with E-state index in [1.807, 2.05) is 17.8 Å². The van der Waals surface area contributed by atoms with Gasteiger partial charge in [-0.2, -0.15) is 0 Å². The minimum absolute atomic E-state index is 0.504. The fourth-order valence-electron chi connectivity index (χ4n) is 3.11. The average molecular weight is 257 g/mol. The van der Waals surface area contributed by atoms with Crippen molar-refractivity contribution in [2.24, 2.45) is 7.05 Å². The largest absolute Gasteiger partial charge is 0.335 e. The van der Waals surface area contributed by atoms with Crippen molar-refractivity contribution in [1.82, 2.24) is 14.5 Å². The van der Waals surface area contributed by atoms with Crippen LogP contribution in [0.1, 0.15) is 60.4 Å². The summed E-state index contributed by atoms with van der Waals surface area (Å²) in [4.78, 5) is 20.6. The third kappa shape index (κ3) is 1.95. The predicted molar refractivity (Wildman–Crippen MR) is 74.5 cm³/mol. The summed E-state index contributed by atoms with van der Waals surface area (Å²) in [5, 5.41) is 0.932. The highest BCUT2D eigenvalue weighted by Gasteiger charge is 2.22. The van der Waals surface area contributed by atoms with Crippen LogP contribution in [0.25, 0.3) is 11.0 Å². The lowest BCUT2D eigenvalue weighted by atomic mass is 10.1. The van der Waals surface area contributed by atoms with E-state index in [1.54, 1.807) is 0 Å². The van der Waals surface area contributed by atoms with E-state index in [0.29, 0.717) is 11.5 Å². The van der Waals surface area contributed by atoms with Crippen LogP contribution >= 0.6 is 0 Å². The normalized spacial score (nSPS) is 16.3. The van der Waals surface area contributed by atoms with Crippen LogP contribution in [0.15, 0.2) is 6.20 Å². The fraction of sp³-hybridized carbons (Fsp3) is 0.533. The van der Waals surface area contributed by atoms with E-state index in [4.69, 9.17) is 9.97 Å². The average Bonchev–Trinajstić information content (AvgIpc) is 3.06. The van der Waals surface area contributed by atoms with E-state index < -0.39 is 0 Å². The van der Waals surface area contributed by atoms with Gasteiger partial charge in [-0.15, -0.1) is 0 Å². The Hall–Kier alpha value is -1.71. The highest BCUT2D eigenvalue weighted by molar-refractivity contribution is 5.97. The Kier molecular flexibility index (Phi) is 3.09. The molecule has 0 spiro atoms. The van der Waals surface area contributed by atoms with Crippen molar-refractivity contribution < 1.29 is 4.79 Å². The SMILES string of the molecule is CCc1nc(C2CCCC2)nc2c1c(C=O)cn2C. The van der Waals surface area contributed by atoms with Gasteiger partial charge in [0.05, 0.1) is 11.1 Å². The van der Waals surface area contributed by atoms with Crippen molar-refractivity contribution in [2.75, 3.05) is 0 Å². The highest BCUT2D eigenvalue weighted by Crippen LogP contribution is 2.33. The summed E-state index contributed by atoms with van der Waals surface area (Å²) in [5.74, 6) is 1.48. The first-order valence-corrected chi connectivity index (χ1v) is 7.05. The second-order valence-corrected chi connectivity index (χ2v) is 5.38. The molecule has 1 aliphatic rings. The lowest BCUT2D eigenvalue weighted by Crippen LogP contribution is -2.05. The third-order valence-electron chi connectivity index (χ3n) is 4.12. The van der Waals surface area contributed by atoms with Crippen LogP contribution in [0.2, 0.25) is 0 Å². The maximum atomic E-state index is 11.2. The summed E-state index contributed by atoms with van der Waals surface area (Å²) in [5.41, 5.74) is 2.61. The molecule has 1 fully saturated rings. The number of aldehydes is 1. The van der Waals surface area contributed by atoms with Crippen LogP contribution in [0, 0.1) is 0 Å². The minimum Gasteiger partial charge on any atom is -0.335 e. The zero-order valence-electron chi connectivity index (χ0n) is 11.5. The summed E-state index contributed by atoms with van der Waals surface area (Å²) < 4.78 is 1.94. The molecule has 0 unspecified atom stereocenters. The standard InChI is InChI=1S/C15H19N3O/c1-3-12-13-11(9-19)8-18(2)15(13)17-14(16-12)10-6-4-5-7-10/h8-10H,3-7H2,1-2H3. The molecule has 0 saturated heterocycles. The van der Waals surface area contributed by atoms with Gasteiger partial charge in [-0.1, -0.05) is 19.8 Å². The predicted octanol–water partition coefficient (Wildman–Crippen LogP) is 3.00. The van der Waals surface area contributed by atoms with Crippen molar-refractivity contribution in [1.29, 1.82) is 0 Å². The molecular formula is C15H19N3O. The second kappa shape index (κ2) is 4.76. The van der Waals surface area contributed by atoms with Crippen molar-refractivity contribution in [3.63, 3.8) is 0 Å². The molecule has 0 atom stereocenters. The summed E-state index contributed by atoms with van der Waals surface area (Å²) in [6.07, 6.45) is 8.54. The summed E-state index contributed by atoms with van der Waals surface area (Å²) >= 11 is 0. The van der Waals surface area contributed by atoms with Gasteiger partial charge < -0.3 is 4.57 Å². The molecule has 4 heteroatoms. The molecule has 0 aromatic carbocycles. The van der Waals surface area contributed by atoms with Gasteiger partial charge in [-0.05, 0) is 19.3 Å². The number of nitrogens with zero attached hydrogens (tertiary/aromatic N) is 3. The monoisotopic (exact) mass is 257 g/mol. The maximum Gasteiger partial charge on any atom is 0.152 e. The lowest BCUT2D eigenvalue weighted by molar-refractivity contribution is 0.112. The summed E-state index contributed by atoms with van der Waals surface area (Å²) in [6.45, 7) is 2.09. The van der Waals surface area contributed by atoms with Crippen LogP contribution < -0.4 is 0 Å². The summed E-state index contributed by atoms with van der Waals surface area (Å²) in [7, 11) is 1.94. The van der Waals surface area contributed by atoms with Crippen molar-refractivity contribution >= 4 is 17.3 Å². The molecule has 1 aliphatic carbocycles. The van der Waals surface area contributed by atoms with Crippen molar-refractivity contribution in [3.8, 4) is 0 Å². The molecule has 1 saturated carbocycles. The van der Waals surface area contributed by atoms with Gasteiger partial charge in [-0.3, -0.25) is 4.79 Å². The Morgan fingerprint density at radius 1 is 1.37 bits per heavy atom. The fourth-order valence-corrected chi connectivity index (χ4v) is 3.11. The van der Waals surface area contributed by atoms with E-state index in [0.717, 1.165) is 35.3 Å². The molecule has 3 rings (SSSR count). The van der Waals surface area contributed by atoms with E-state index in [9.17, 15) is 4.79 Å². The first-order chi connectivity index (χ1) is 9.24. The number of carbonyl (C=O) groups is 1. The first kappa shape index (κ1) is 12.3. The number of rotatable bonds is 3. The number of hydrogen-bond acceptors (Lipinski definition) is 3. The molecule has 2 aromatic rings. The molecule has 2 heterocycles. The first-order valence-electron chi connectivity index (χ1n) is 7.05. The minimum atomic E-state index is 0.504. The van der Waals surface area contributed by atoms with E-state index in [2.05, 4.69) is 6.92 Å². The van der Waals surface area contributed by atoms with E-state index in [1.165, 1.54) is 25.7 Å². The lowest BCUT2D eigenvalue weighted by Gasteiger charge is -2.10. The Bertz CT molecular complexity index is 624. The molecule has 0 radical (unpaired) electrons. The van der Waals surface area contributed by atoms with E-state index in [-0.39, 0.29) is 0 Å². The molecule has 2 aromatic heterocycles. The Morgan fingerprint density at radius 3 is 2.74 bits per heavy atom. The zero-order chi connectivity index (χ0) is 13.4. The molecule has 19 heavy (non-hydrogen) atoms. The molecular weight excluding hydrogens is 238 g/mol. The number of fused-ring (bicyclic) bond motifs is 1. The molecule has 0 aliphatic heterocycles. The van der Waals surface area contributed by atoms with Gasteiger partial charge in [0.2, 0.25) is 0 Å². The number of carbonyl (C=O) groups excluding carboxylic acids is 1. The Labute approximate surface area is 112 Å². The Morgan fingerprint density at radius 2 is 2.11 bits per heavy atom. The number of aromatic nitrogens is 3. The van der Waals surface area contributed by atoms with Crippen LogP contribution in [-0.2, 0) is 13.5 Å². The van der Waals surface area contributed by atoms with Crippen LogP contribution in [0.3, 0.4) is 0 Å². The van der Waals surface area contributed by atoms with Gasteiger partial charge in [0.15, 0.2) is 6.29 Å². The van der Waals surface area contributed by atoms with Crippen molar-refractivity contribution in [2.45, 2.75) is 44.9 Å². The van der Waals surface area contributed by atoms with Gasteiger partial charge in [0, 0.05) is 24.7 Å². The smallest absolute Gasteiger partial charge is 0.152 e. The highest BCUT2D eigenvalue weighted by atomic mass is 16.1. The number of hydrogen-bond donors (Lipinski definition) is 0. The second-order valence-electron chi connectivity index (χ2n) is 5.38. The topological polar surface area (TPSA) is 47.8 Å². The van der Waals surface area contributed by atoms with Crippen molar-refractivity contribution in [3.05, 3.63) is 23.3 Å². The Balaban J connectivity index is 2.22. The van der Waals surface area contributed by atoms with Gasteiger partial charge in [0.25, 0.3) is 0 Å². The van der Waals surface area contributed by atoms with E-state index >= 15 is 0 Å². The molecule has 100 valence electrons. The number of aryl methyl sites for hydroxylation is 2. The van der Waals surface area contributed by atoms with Crippen LogP contribution in [-0.4, -0.2) is 20.8 Å². The summed E-state index contributed by atoms with van der Waals surface area (Å²) in [6, 6.07) is 0. The van der Waals surface area contributed by atoms with Gasteiger partial charge in [0.1, 0.15) is 11.5 Å². The molecule has 0 amide bonds. The quantitative estimate of drug-likeness (QED) is 0.794. The molecule has 4 nitrogen and oxygen atoms in total. The van der Waals surface area contributed by atoms with Gasteiger partial charge >= 0.3 is 0 Å². The van der Waals surface area contributed by atoms with Gasteiger partial charge in [-0.25, -0.2) is 9.97 Å². The van der Waals surface area contributed by atoms with Crippen LogP contribution in [0.4, 0.5) is 0 Å². The maximum absolute atomic E-state index is 11.2. The zero-order valence-corrected chi connectivity index (χ0v) is 11.5. The molecule has 0 N–H and O–H groups in total. The molecule has 0 bridgehead atoms. The third-order valence-corrected chi connectivity index (χ3v) is 4.12.